The summed E-state index contributed by atoms with van der Waals surface area (Å²) in [5, 5.41) is 0. The lowest BCUT2D eigenvalue weighted by molar-refractivity contribution is -0.138. The van der Waals surface area contributed by atoms with Crippen LogP contribution in [0.3, 0.4) is 0 Å². The molecule has 1 aliphatic carbocycles. The number of hydrogen-bond donors (Lipinski definition) is 2. The first kappa shape index (κ1) is 22.7. The van der Waals surface area contributed by atoms with E-state index < -0.39 is 46.4 Å². The van der Waals surface area contributed by atoms with E-state index in [2.05, 4.69) is 9.98 Å². The molecule has 0 atom stereocenters. The van der Waals surface area contributed by atoms with E-state index in [1.54, 1.807) is 4.90 Å². The molecule has 0 amide bonds. The fourth-order valence-electron chi connectivity index (χ4n) is 4.14. The van der Waals surface area contributed by atoms with Crippen LogP contribution in [-0.2, 0) is 6.18 Å². The van der Waals surface area contributed by atoms with Crippen LogP contribution in [-0.4, -0.2) is 17.6 Å². The summed E-state index contributed by atoms with van der Waals surface area (Å²) in [5.41, 5.74) is 9.76. The van der Waals surface area contributed by atoms with Crippen molar-refractivity contribution in [3.8, 4) is 11.5 Å². The average molecular weight is 471 g/mol. The first-order chi connectivity index (χ1) is 15.5. The van der Waals surface area contributed by atoms with E-state index in [1.807, 2.05) is 0 Å². The van der Waals surface area contributed by atoms with E-state index >= 15 is 0 Å². The average Bonchev–Trinajstić information content (AvgIpc) is 2.71. The van der Waals surface area contributed by atoms with Crippen LogP contribution in [0.4, 0.5) is 32.0 Å². The van der Waals surface area contributed by atoms with Crippen molar-refractivity contribution < 1.29 is 31.1 Å². The number of nitrogens with zero attached hydrogens (tertiary/aromatic N) is 3. The Morgan fingerprint density at radius 3 is 2.12 bits per heavy atom. The number of aliphatic imine (C=N–C) groups is 2. The van der Waals surface area contributed by atoms with Gasteiger partial charge in [0, 0.05) is 11.8 Å². The molecule has 6 nitrogen and oxygen atoms in total. The molecule has 0 bridgehead atoms. The van der Waals surface area contributed by atoms with Crippen molar-refractivity contribution in [3.05, 3.63) is 53.3 Å². The van der Waals surface area contributed by atoms with Crippen LogP contribution in [0.5, 0.6) is 11.5 Å². The molecule has 1 heterocycles. The molecule has 2 aromatic rings. The number of alkyl halides is 3. The molecule has 0 radical (unpaired) electrons. The lowest BCUT2D eigenvalue weighted by Crippen LogP contribution is -2.58. The maximum absolute atomic E-state index is 14.9. The van der Waals surface area contributed by atoms with Crippen molar-refractivity contribution in [2.24, 2.45) is 21.5 Å². The van der Waals surface area contributed by atoms with Gasteiger partial charge in [-0.15, -0.1) is 0 Å². The second-order valence-electron chi connectivity index (χ2n) is 7.80. The first-order valence-corrected chi connectivity index (χ1v) is 10.0. The number of hydrogen-bond acceptors (Lipinski definition) is 6. The van der Waals surface area contributed by atoms with Gasteiger partial charge in [-0.2, -0.15) is 18.2 Å². The molecule has 12 heteroatoms. The van der Waals surface area contributed by atoms with E-state index in [0.717, 1.165) is 31.4 Å². The predicted octanol–water partition coefficient (Wildman–Crippen LogP) is 5.02. The highest BCUT2D eigenvalue weighted by atomic mass is 19.4. The minimum absolute atomic E-state index is 0.0114. The Labute approximate surface area is 184 Å². The van der Waals surface area contributed by atoms with Gasteiger partial charge in [-0.3, -0.25) is 4.90 Å². The zero-order valence-corrected chi connectivity index (χ0v) is 17.1. The van der Waals surface area contributed by atoms with Gasteiger partial charge in [0.1, 0.15) is 5.66 Å². The van der Waals surface area contributed by atoms with Gasteiger partial charge in [0.15, 0.2) is 29.0 Å². The monoisotopic (exact) mass is 471 g/mol. The molecule has 0 aromatic heterocycles. The Morgan fingerprint density at radius 2 is 1.55 bits per heavy atom. The summed E-state index contributed by atoms with van der Waals surface area (Å²) in [6.07, 6.45) is -1.07. The molecule has 0 saturated heterocycles. The molecule has 2 aliphatic rings. The smallest absolute Gasteiger partial charge is 0.416 e. The highest BCUT2D eigenvalue weighted by Gasteiger charge is 2.42. The molecule has 4 N–H and O–H groups in total. The number of halogens is 6. The van der Waals surface area contributed by atoms with Gasteiger partial charge in [-0.05, 0) is 49.9 Å². The standard InChI is InChI=1S/C21H19F6N5O/c22-13-10-12(32-19(29)30-18(28)31-20(32)6-2-1-3-7-20)4-5-16(13)33-17-14(23)8-11(9-15(17)24)21(25,26)27/h4-5,8-10H,1-3,6-7H2,(H4,28,29,30,31). The topological polar surface area (TPSA) is 89.2 Å². The molecule has 33 heavy (non-hydrogen) atoms. The zero-order valence-electron chi connectivity index (χ0n) is 17.1. The van der Waals surface area contributed by atoms with E-state index in [9.17, 15) is 26.3 Å². The molecule has 1 aliphatic heterocycles. The summed E-state index contributed by atoms with van der Waals surface area (Å²) in [6, 6.07) is 3.64. The van der Waals surface area contributed by atoms with Crippen LogP contribution in [0.15, 0.2) is 40.3 Å². The number of rotatable bonds is 3. The SMILES string of the molecule is NC1=NC2(CCCCC2)N(c2ccc(Oc3c(F)cc(C(F)(F)F)cc3F)c(F)c2)C(N)=N1. The van der Waals surface area contributed by atoms with E-state index in [1.165, 1.54) is 6.07 Å². The van der Waals surface area contributed by atoms with Crippen LogP contribution in [0, 0.1) is 17.5 Å². The molecular formula is C21H19F6N5O. The second-order valence-corrected chi connectivity index (χ2v) is 7.80. The molecule has 1 spiro atoms. The van der Waals surface area contributed by atoms with Crippen molar-refractivity contribution in [1.82, 2.24) is 0 Å². The van der Waals surface area contributed by atoms with Crippen LogP contribution in [0.25, 0.3) is 0 Å². The maximum Gasteiger partial charge on any atom is 0.416 e. The zero-order chi connectivity index (χ0) is 24.0. The molecule has 2 aromatic carbocycles. The van der Waals surface area contributed by atoms with E-state index in [-0.39, 0.29) is 29.7 Å². The third-order valence-corrected chi connectivity index (χ3v) is 5.56. The van der Waals surface area contributed by atoms with Crippen LogP contribution in [0.2, 0.25) is 0 Å². The fourth-order valence-corrected chi connectivity index (χ4v) is 4.14. The second kappa shape index (κ2) is 8.16. The molecule has 1 saturated carbocycles. The normalized spacial score (nSPS) is 18.2. The van der Waals surface area contributed by atoms with Gasteiger partial charge < -0.3 is 16.2 Å². The van der Waals surface area contributed by atoms with Crippen molar-refractivity contribution >= 4 is 17.6 Å². The quantitative estimate of drug-likeness (QED) is 0.615. The summed E-state index contributed by atoms with van der Waals surface area (Å²) in [5.74, 6) is -5.99. The molecule has 176 valence electrons. The minimum atomic E-state index is -4.95. The molecule has 1 fully saturated rings. The van der Waals surface area contributed by atoms with Gasteiger partial charge >= 0.3 is 6.18 Å². The minimum Gasteiger partial charge on any atom is -0.448 e. The summed E-state index contributed by atoms with van der Waals surface area (Å²) >= 11 is 0. The Kier molecular flexibility index (Phi) is 5.62. The number of ether oxygens (including phenoxy) is 1. The Morgan fingerprint density at radius 1 is 0.909 bits per heavy atom. The lowest BCUT2D eigenvalue weighted by atomic mass is 9.87. The Bertz CT molecular complexity index is 1120. The third kappa shape index (κ3) is 4.29. The van der Waals surface area contributed by atoms with Crippen LogP contribution in [0.1, 0.15) is 37.7 Å². The largest absolute Gasteiger partial charge is 0.448 e. The highest BCUT2D eigenvalue weighted by molar-refractivity contribution is 6.05. The van der Waals surface area contributed by atoms with Crippen molar-refractivity contribution in [2.75, 3.05) is 4.90 Å². The summed E-state index contributed by atoms with van der Waals surface area (Å²) < 4.78 is 86.2. The molecular weight excluding hydrogens is 452 g/mol. The van der Waals surface area contributed by atoms with Gasteiger partial charge in [-0.25, -0.2) is 18.2 Å². The number of guanidine groups is 2. The third-order valence-electron chi connectivity index (χ3n) is 5.56. The van der Waals surface area contributed by atoms with Crippen molar-refractivity contribution in [1.29, 1.82) is 0 Å². The maximum atomic E-state index is 14.9. The van der Waals surface area contributed by atoms with E-state index in [4.69, 9.17) is 16.2 Å². The van der Waals surface area contributed by atoms with Gasteiger partial charge in [0.25, 0.3) is 0 Å². The van der Waals surface area contributed by atoms with Crippen molar-refractivity contribution in [3.63, 3.8) is 0 Å². The van der Waals surface area contributed by atoms with Crippen molar-refractivity contribution in [2.45, 2.75) is 43.9 Å². The highest BCUT2D eigenvalue weighted by Crippen LogP contribution is 2.41. The van der Waals surface area contributed by atoms with E-state index in [0.29, 0.717) is 12.8 Å². The number of anilines is 1. The van der Waals surface area contributed by atoms with Gasteiger partial charge in [0.05, 0.1) is 5.56 Å². The predicted molar refractivity (Wildman–Crippen MR) is 109 cm³/mol. The van der Waals surface area contributed by atoms with Gasteiger partial charge in [-0.1, -0.05) is 6.42 Å². The number of benzene rings is 2. The summed E-state index contributed by atoms with van der Waals surface area (Å²) in [4.78, 5) is 9.98. The molecule has 0 unspecified atom stereocenters. The fraction of sp³-hybridized carbons (Fsp3) is 0.333. The Hall–Kier alpha value is -3.44. The van der Waals surface area contributed by atoms with Crippen LogP contribution < -0.4 is 21.1 Å². The first-order valence-electron chi connectivity index (χ1n) is 10.0. The van der Waals surface area contributed by atoms with Gasteiger partial charge in [0.2, 0.25) is 11.9 Å². The number of nitrogens with two attached hydrogens (primary N) is 2. The summed E-state index contributed by atoms with van der Waals surface area (Å²) in [6.45, 7) is 0. The Balaban J connectivity index is 1.66. The van der Waals surface area contributed by atoms with Crippen LogP contribution >= 0.6 is 0 Å². The lowest BCUT2D eigenvalue weighted by Gasteiger charge is -2.45. The summed E-state index contributed by atoms with van der Waals surface area (Å²) in [7, 11) is 0. The molecule has 4 rings (SSSR count).